The lowest BCUT2D eigenvalue weighted by Crippen LogP contribution is -2.23. The molecule has 0 unspecified atom stereocenters. The van der Waals surface area contributed by atoms with E-state index in [0.717, 1.165) is 64.2 Å². The Hall–Kier alpha value is -2.63. The molecule has 2 aromatic carbocycles. The Labute approximate surface area is 175 Å². The maximum atomic E-state index is 14.8. The van der Waals surface area contributed by atoms with Crippen LogP contribution in [-0.2, 0) is 13.0 Å². The second kappa shape index (κ2) is 7.32. The lowest BCUT2D eigenvalue weighted by Gasteiger charge is -2.17. The van der Waals surface area contributed by atoms with Crippen molar-refractivity contribution in [1.29, 1.82) is 0 Å². The minimum Gasteiger partial charge on any atom is -0.361 e. The van der Waals surface area contributed by atoms with Gasteiger partial charge in [0.2, 0.25) is 0 Å². The lowest BCUT2D eigenvalue weighted by molar-refractivity contribution is 0.620. The molecule has 1 aliphatic rings. The first-order chi connectivity index (χ1) is 13.6. The Balaban J connectivity index is 0.00000205. The largest absolute Gasteiger partial charge is 0.361 e. The van der Waals surface area contributed by atoms with E-state index in [4.69, 9.17) is 5.10 Å². The van der Waals surface area contributed by atoms with Crippen molar-refractivity contribution in [2.24, 2.45) is 0 Å². The van der Waals surface area contributed by atoms with Gasteiger partial charge in [-0.2, -0.15) is 5.10 Å². The minimum atomic E-state index is -0.197. The molecule has 0 aliphatic carbocycles. The lowest BCUT2D eigenvalue weighted by atomic mass is 9.97. The smallest absolute Gasteiger partial charge is 0.128 e. The summed E-state index contributed by atoms with van der Waals surface area (Å²) in [6, 6.07) is 9.97. The first-order valence-corrected chi connectivity index (χ1v) is 9.71. The molecule has 2 aromatic heterocycles. The Morgan fingerprint density at radius 1 is 1.10 bits per heavy atom. The molecule has 29 heavy (non-hydrogen) atoms. The average molecular weight is 411 g/mol. The molecule has 5 rings (SSSR count). The fourth-order valence-electron chi connectivity index (χ4n) is 4.41. The fourth-order valence-corrected chi connectivity index (χ4v) is 4.41. The molecule has 0 fully saturated rings. The number of nitrogens with zero attached hydrogens (tertiary/aromatic N) is 2. The third kappa shape index (κ3) is 2.96. The van der Waals surface area contributed by atoms with Crippen LogP contribution in [0.1, 0.15) is 27.9 Å². The van der Waals surface area contributed by atoms with Gasteiger partial charge in [0, 0.05) is 47.8 Å². The van der Waals surface area contributed by atoms with Gasteiger partial charge in [-0.1, -0.05) is 18.2 Å². The first-order valence-electron chi connectivity index (χ1n) is 9.71. The summed E-state index contributed by atoms with van der Waals surface area (Å²) in [4.78, 5) is 3.21. The number of hydrogen-bond acceptors (Lipinski definition) is 2. The molecule has 0 radical (unpaired) electrons. The van der Waals surface area contributed by atoms with Gasteiger partial charge in [0.15, 0.2) is 0 Å². The van der Waals surface area contributed by atoms with E-state index < -0.39 is 0 Å². The quantitative estimate of drug-likeness (QED) is 0.480. The summed E-state index contributed by atoms with van der Waals surface area (Å²) < 4.78 is 16.9. The van der Waals surface area contributed by atoms with Gasteiger partial charge in [-0.05, 0) is 44.0 Å². The minimum absolute atomic E-state index is 0. The van der Waals surface area contributed by atoms with Crippen LogP contribution in [0.5, 0.6) is 0 Å². The Morgan fingerprint density at radius 2 is 1.86 bits per heavy atom. The van der Waals surface area contributed by atoms with E-state index in [1.165, 1.54) is 5.56 Å². The predicted molar refractivity (Wildman–Crippen MR) is 118 cm³/mol. The second-order valence-electron chi connectivity index (χ2n) is 7.65. The summed E-state index contributed by atoms with van der Waals surface area (Å²) in [5.41, 5.74) is 9.04. The van der Waals surface area contributed by atoms with E-state index in [2.05, 4.69) is 42.3 Å². The highest BCUT2D eigenvalue weighted by Gasteiger charge is 2.26. The number of benzene rings is 2. The van der Waals surface area contributed by atoms with Gasteiger partial charge in [0.05, 0.1) is 22.6 Å². The molecule has 0 saturated carbocycles. The van der Waals surface area contributed by atoms with Gasteiger partial charge in [-0.3, -0.25) is 0 Å². The van der Waals surface area contributed by atoms with Crippen LogP contribution in [0.4, 0.5) is 4.39 Å². The molecule has 0 spiro atoms. The second-order valence-corrected chi connectivity index (χ2v) is 7.65. The first kappa shape index (κ1) is 19.7. The average Bonchev–Trinajstić information content (AvgIpc) is 3.30. The number of aromatic amines is 1. The predicted octanol–water partition coefficient (Wildman–Crippen LogP) is 5.15. The fraction of sp³-hybridized carbons (Fsp3) is 0.261. The highest BCUT2D eigenvalue weighted by molar-refractivity contribution is 5.97. The van der Waals surface area contributed by atoms with Crippen molar-refractivity contribution >= 4 is 23.3 Å². The summed E-state index contributed by atoms with van der Waals surface area (Å²) >= 11 is 0. The standard InChI is InChI=1S/C23H23FN4.ClH/c1-13-5-4-6-14(2)22(13)28-23(18-12-25-9-8-20(18)27-28)17-11-19(24)15(3)21-16(17)7-10-26-21;/h4-7,10-11,25-26H,8-9,12H2,1-3H3;1H. The maximum Gasteiger partial charge on any atom is 0.128 e. The van der Waals surface area contributed by atoms with Gasteiger partial charge in [0.25, 0.3) is 0 Å². The number of aromatic nitrogens is 3. The van der Waals surface area contributed by atoms with E-state index >= 15 is 0 Å². The van der Waals surface area contributed by atoms with Gasteiger partial charge in [-0.25, -0.2) is 9.07 Å². The van der Waals surface area contributed by atoms with Crippen molar-refractivity contribution in [2.75, 3.05) is 6.54 Å². The zero-order valence-corrected chi connectivity index (χ0v) is 17.6. The van der Waals surface area contributed by atoms with Gasteiger partial charge in [0.1, 0.15) is 5.82 Å². The van der Waals surface area contributed by atoms with Gasteiger partial charge < -0.3 is 10.3 Å². The number of halogens is 2. The highest BCUT2D eigenvalue weighted by Crippen LogP contribution is 2.38. The van der Waals surface area contributed by atoms with Gasteiger partial charge in [-0.15, -0.1) is 12.4 Å². The zero-order valence-electron chi connectivity index (χ0n) is 16.8. The molecule has 6 heteroatoms. The molecule has 4 aromatic rings. The summed E-state index contributed by atoms with van der Waals surface area (Å²) in [5, 5.41) is 9.49. The SMILES string of the molecule is Cc1cccc(C)c1-n1nc2c(c1-c1cc(F)c(C)c3[nH]ccc13)CNCC2.Cl. The van der Waals surface area contributed by atoms with Crippen LogP contribution in [0.2, 0.25) is 0 Å². The maximum absolute atomic E-state index is 14.8. The monoisotopic (exact) mass is 410 g/mol. The molecule has 0 amide bonds. The molecule has 3 heterocycles. The van der Waals surface area contributed by atoms with E-state index in [1.807, 2.05) is 23.9 Å². The van der Waals surface area contributed by atoms with Crippen LogP contribution in [0.25, 0.3) is 27.8 Å². The van der Waals surface area contributed by atoms with Gasteiger partial charge >= 0.3 is 0 Å². The normalized spacial score (nSPS) is 13.4. The number of H-pyrrole nitrogens is 1. The number of rotatable bonds is 2. The number of hydrogen-bond donors (Lipinski definition) is 2. The molecular formula is C23H24ClFN4. The highest BCUT2D eigenvalue weighted by atomic mass is 35.5. The molecule has 0 saturated heterocycles. The third-order valence-corrected chi connectivity index (χ3v) is 5.85. The van der Waals surface area contributed by atoms with E-state index in [1.54, 1.807) is 6.07 Å². The molecule has 2 N–H and O–H groups in total. The van der Waals surface area contributed by atoms with Crippen LogP contribution >= 0.6 is 12.4 Å². The van der Waals surface area contributed by atoms with Crippen molar-refractivity contribution in [3.63, 3.8) is 0 Å². The van der Waals surface area contributed by atoms with Crippen LogP contribution in [0, 0.1) is 26.6 Å². The van der Waals surface area contributed by atoms with E-state index in [0.29, 0.717) is 5.56 Å². The number of aryl methyl sites for hydroxylation is 3. The molecule has 1 aliphatic heterocycles. The number of nitrogens with one attached hydrogen (secondary N) is 2. The Morgan fingerprint density at radius 3 is 2.62 bits per heavy atom. The van der Waals surface area contributed by atoms with Crippen molar-refractivity contribution in [3.8, 4) is 16.9 Å². The summed E-state index contributed by atoms with van der Waals surface area (Å²) in [5.74, 6) is -0.197. The molecule has 0 atom stereocenters. The van der Waals surface area contributed by atoms with Crippen molar-refractivity contribution in [1.82, 2.24) is 20.1 Å². The Bertz CT molecular complexity index is 1200. The van der Waals surface area contributed by atoms with E-state index in [-0.39, 0.29) is 18.2 Å². The molecule has 150 valence electrons. The van der Waals surface area contributed by atoms with E-state index in [9.17, 15) is 4.39 Å². The van der Waals surface area contributed by atoms with Crippen LogP contribution < -0.4 is 5.32 Å². The Kier molecular flexibility index (Phi) is 4.97. The summed E-state index contributed by atoms with van der Waals surface area (Å²) in [7, 11) is 0. The zero-order chi connectivity index (χ0) is 19.4. The van der Waals surface area contributed by atoms with Crippen molar-refractivity contribution in [2.45, 2.75) is 33.7 Å². The summed E-state index contributed by atoms with van der Waals surface area (Å²) in [6.45, 7) is 7.69. The topological polar surface area (TPSA) is 45.6 Å². The summed E-state index contributed by atoms with van der Waals surface area (Å²) in [6.07, 6.45) is 2.76. The third-order valence-electron chi connectivity index (χ3n) is 5.85. The molecule has 0 bridgehead atoms. The van der Waals surface area contributed by atoms with Crippen molar-refractivity contribution in [3.05, 3.63) is 70.3 Å². The van der Waals surface area contributed by atoms with Crippen LogP contribution in [-0.4, -0.2) is 21.3 Å². The van der Waals surface area contributed by atoms with Crippen molar-refractivity contribution < 1.29 is 4.39 Å². The molecular weight excluding hydrogens is 387 g/mol. The van der Waals surface area contributed by atoms with Crippen LogP contribution in [0.3, 0.4) is 0 Å². The number of para-hydroxylation sites is 1. The van der Waals surface area contributed by atoms with Crippen LogP contribution in [0.15, 0.2) is 36.5 Å². The number of fused-ring (bicyclic) bond motifs is 2. The molecule has 4 nitrogen and oxygen atoms in total.